The van der Waals surface area contributed by atoms with Crippen molar-refractivity contribution in [3.05, 3.63) is 12.2 Å². The molecule has 10 heteroatoms. The maximum Gasteiger partial charge on any atom is 0.472 e. The lowest BCUT2D eigenvalue weighted by atomic mass is 10.0. The molecule has 0 spiro atoms. The van der Waals surface area contributed by atoms with Gasteiger partial charge in [-0.15, -0.1) is 0 Å². The van der Waals surface area contributed by atoms with Gasteiger partial charge in [0.05, 0.1) is 27.7 Å². The van der Waals surface area contributed by atoms with Crippen LogP contribution in [0.15, 0.2) is 12.2 Å². The summed E-state index contributed by atoms with van der Waals surface area (Å²) in [7, 11) is 1.49. The van der Waals surface area contributed by atoms with Crippen LogP contribution in [0.2, 0.25) is 0 Å². The van der Waals surface area contributed by atoms with Crippen molar-refractivity contribution in [3.8, 4) is 0 Å². The summed E-state index contributed by atoms with van der Waals surface area (Å²) in [6, 6.07) is 0. The number of esters is 2. The van der Waals surface area contributed by atoms with E-state index in [-0.39, 0.29) is 25.6 Å². The summed E-state index contributed by atoms with van der Waals surface area (Å²) in [5, 5.41) is 0. The molecule has 0 aliphatic rings. The number of allylic oxidation sites excluding steroid dienone is 2. The van der Waals surface area contributed by atoms with E-state index < -0.39 is 26.5 Å². The number of phosphoric acid groups is 1. The third-order valence-electron chi connectivity index (χ3n) is 13.8. The van der Waals surface area contributed by atoms with E-state index in [9.17, 15) is 19.0 Å². The van der Waals surface area contributed by atoms with Crippen LogP contribution < -0.4 is 0 Å². The van der Waals surface area contributed by atoms with Crippen LogP contribution in [-0.2, 0) is 32.7 Å². The highest BCUT2D eigenvalue weighted by Gasteiger charge is 2.27. The van der Waals surface area contributed by atoms with Crippen molar-refractivity contribution in [3.63, 3.8) is 0 Å². The molecule has 0 aliphatic heterocycles. The zero-order valence-electron chi connectivity index (χ0n) is 47.3. The molecule has 0 radical (unpaired) electrons. The summed E-state index contributed by atoms with van der Waals surface area (Å²) in [5.41, 5.74) is 0. The second-order valence-electron chi connectivity index (χ2n) is 22.1. The number of carbonyl (C=O) groups is 2. The van der Waals surface area contributed by atoms with Crippen molar-refractivity contribution in [1.82, 2.24) is 0 Å². The molecule has 0 saturated heterocycles. The predicted octanol–water partition coefficient (Wildman–Crippen LogP) is 18.8. The van der Waals surface area contributed by atoms with E-state index in [0.29, 0.717) is 23.9 Å². The van der Waals surface area contributed by atoms with E-state index in [0.717, 1.165) is 44.9 Å². The minimum Gasteiger partial charge on any atom is -0.462 e. The van der Waals surface area contributed by atoms with Crippen molar-refractivity contribution in [2.45, 2.75) is 315 Å². The highest BCUT2D eigenvalue weighted by atomic mass is 31.2. The third-order valence-corrected chi connectivity index (χ3v) is 14.8. The van der Waals surface area contributed by atoms with Crippen LogP contribution in [0.3, 0.4) is 0 Å². The number of quaternary nitrogens is 1. The first kappa shape index (κ1) is 68.8. The Kier molecular flexibility index (Phi) is 51.7. The Balaban J connectivity index is 4.04. The van der Waals surface area contributed by atoms with Crippen LogP contribution in [0.4, 0.5) is 0 Å². The summed E-state index contributed by atoms with van der Waals surface area (Å²) in [6.45, 7) is 4.49. The van der Waals surface area contributed by atoms with Crippen molar-refractivity contribution in [1.29, 1.82) is 0 Å². The fourth-order valence-corrected chi connectivity index (χ4v) is 9.81. The molecule has 0 saturated carbocycles. The fraction of sp³-hybridized carbons (Fsp3) is 0.933. The van der Waals surface area contributed by atoms with Crippen LogP contribution in [-0.4, -0.2) is 74.9 Å². The molecule has 0 aromatic rings. The van der Waals surface area contributed by atoms with Crippen molar-refractivity contribution in [2.24, 2.45) is 0 Å². The lowest BCUT2D eigenvalue weighted by Gasteiger charge is -2.24. The monoisotopic (exact) mass is 1010 g/mol. The largest absolute Gasteiger partial charge is 0.472 e. The molecular weight excluding hydrogens is 894 g/mol. The maximum atomic E-state index is 12.8. The van der Waals surface area contributed by atoms with Gasteiger partial charge < -0.3 is 18.9 Å². The average Bonchev–Trinajstić information content (AvgIpc) is 3.32. The first-order chi connectivity index (χ1) is 34.0. The summed E-state index contributed by atoms with van der Waals surface area (Å²) in [4.78, 5) is 35.7. The van der Waals surface area contributed by atoms with Gasteiger partial charge in [0.1, 0.15) is 19.8 Å². The molecule has 0 rings (SSSR count). The standard InChI is InChI=1S/C60H118NO8P/c1-6-8-10-12-14-16-18-20-22-24-26-27-28-29-30-31-32-33-34-35-37-38-40-42-44-46-48-50-52-59(62)66-56-58(57-68-70(64,65)67-55-54-61(3,4)5)69-60(63)53-51-49-47-45-43-41-39-36-25-23-21-19-17-15-13-11-9-7-2/h23,25,58H,6-22,24,26-57H2,1-5H3/p+1/b25-23-. The summed E-state index contributed by atoms with van der Waals surface area (Å²) in [6.07, 6.45) is 61.5. The summed E-state index contributed by atoms with van der Waals surface area (Å²) >= 11 is 0. The maximum absolute atomic E-state index is 12.8. The number of likely N-dealkylation sites (N-methyl/N-ethyl adjacent to an activating group) is 1. The van der Waals surface area contributed by atoms with E-state index in [1.807, 2.05) is 21.1 Å². The SMILES string of the molecule is CCCCCCCCC/C=C\CCCCCCCCCC(=O)OC(COC(=O)CCCCCCCCCCCCCCCCCCCCCCCCCCCCCC)COP(=O)(O)OCC[N+](C)(C)C. The Morgan fingerprint density at radius 1 is 0.429 bits per heavy atom. The zero-order valence-corrected chi connectivity index (χ0v) is 48.2. The molecule has 1 N–H and O–H groups in total. The molecule has 0 heterocycles. The van der Waals surface area contributed by atoms with Gasteiger partial charge >= 0.3 is 19.8 Å². The van der Waals surface area contributed by atoms with Gasteiger partial charge in [-0.3, -0.25) is 18.6 Å². The van der Waals surface area contributed by atoms with E-state index in [2.05, 4.69) is 26.0 Å². The van der Waals surface area contributed by atoms with Crippen LogP contribution >= 0.6 is 7.82 Å². The van der Waals surface area contributed by atoms with Gasteiger partial charge in [-0.05, 0) is 38.5 Å². The van der Waals surface area contributed by atoms with Gasteiger partial charge in [0.25, 0.3) is 0 Å². The molecular formula is C60H119NO8P+. The number of nitrogens with zero attached hydrogens (tertiary/aromatic N) is 1. The van der Waals surface area contributed by atoms with Crippen molar-refractivity contribution < 1.29 is 42.1 Å². The molecule has 70 heavy (non-hydrogen) atoms. The quantitative estimate of drug-likeness (QED) is 0.0211. The molecule has 0 bridgehead atoms. The Morgan fingerprint density at radius 3 is 1.06 bits per heavy atom. The van der Waals surface area contributed by atoms with Gasteiger partial charge in [-0.1, -0.05) is 270 Å². The Bertz CT molecular complexity index is 1190. The molecule has 416 valence electrons. The smallest absolute Gasteiger partial charge is 0.462 e. The zero-order chi connectivity index (χ0) is 51.3. The Hall–Kier alpha value is -1.25. The van der Waals surface area contributed by atoms with Gasteiger partial charge in [0.2, 0.25) is 0 Å². The van der Waals surface area contributed by atoms with E-state index in [4.69, 9.17) is 18.5 Å². The van der Waals surface area contributed by atoms with Gasteiger partial charge in [0, 0.05) is 12.8 Å². The highest BCUT2D eigenvalue weighted by molar-refractivity contribution is 7.47. The first-order valence-electron chi connectivity index (χ1n) is 30.4. The lowest BCUT2D eigenvalue weighted by Crippen LogP contribution is -2.37. The summed E-state index contributed by atoms with van der Waals surface area (Å²) in [5.74, 6) is -0.783. The van der Waals surface area contributed by atoms with Gasteiger partial charge in [-0.25, -0.2) is 4.57 Å². The summed E-state index contributed by atoms with van der Waals surface area (Å²) < 4.78 is 34.6. The topological polar surface area (TPSA) is 108 Å². The third kappa shape index (κ3) is 56.1. The molecule has 2 unspecified atom stereocenters. The van der Waals surface area contributed by atoms with E-state index in [1.165, 1.54) is 231 Å². The van der Waals surface area contributed by atoms with Gasteiger partial charge in [0.15, 0.2) is 6.10 Å². The molecule has 9 nitrogen and oxygen atoms in total. The number of unbranched alkanes of at least 4 members (excludes halogenated alkanes) is 41. The lowest BCUT2D eigenvalue weighted by molar-refractivity contribution is -0.870. The number of hydrogen-bond donors (Lipinski definition) is 1. The van der Waals surface area contributed by atoms with Crippen LogP contribution in [0.5, 0.6) is 0 Å². The van der Waals surface area contributed by atoms with E-state index >= 15 is 0 Å². The van der Waals surface area contributed by atoms with Crippen molar-refractivity contribution >= 4 is 19.8 Å². The normalized spacial score (nSPS) is 13.3. The van der Waals surface area contributed by atoms with Crippen LogP contribution in [0.1, 0.15) is 309 Å². The minimum atomic E-state index is -4.38. The second kappa shape index (κ2) is 52.6. The Labute approximate surface area is 435 Å². The Morgan fingerprint density at radius 2 is 0.729 bits per heavy atom. The number of phosphoric ester groups is 1. The molecule has 2 atom stereocenters. The number of ether oxygens (including phenoxy) is 2. The average molecular weight is 1010 g/mol. The minimum absolute atomic E-state index is 0.0345. The highest BCUT2D eigenvalue weighted by Crippen LogP contribution is 2.43. The molecule has 0 aromatic carbocycles. The molecule has 0 amide bonds. The first-order valence-corrected chi connectivity index (χ1v) is 31.9. The van der Waals surface area contributed by atoms with Crippen LogP contribution in [0, 0.1) is 0 Å². The van der Waals surface area contributed by atoms with Crippen LogP contribution in [0.25, 0.3) is 0 Å². The molecule has 0 fully saturated rings. The number of carbonyl (C=O) groups excluding carboxylic acids is 2. The van der Waals surface area contributed by atoms with Gasteiger partial charge in [-0.2, -0.15) is 0 Å². The predicted molar refractivity (Wildman–Crippen MR) is 298 cm³/mol. The fourth-order valence-electron chi connectivity index (χ4n) is 9.07. The number of hydrogen-bond acceptors (Lipinski definition) is 7. The molecule has 0 aliphatic carbocycles. The molecule has 0 aromatic heterocycles. The second-order valence-corrected chi connectivity index (χ2v) is 23.6. The van der Waals surface area contributed by atoms with E-state index in [1.54, 1.807) is 0 Å². The number of rotatable bonds is 57. The van der Waals surface area contributed by atoms with Crippen molar-refractivity contribution in [2.75, 3.05) is 47.5 Å².